The quantitative estimate of drug-likeness (QED) is 0.748. The lowest BCUT2D eigenvalue weighted by Crippen LogP contribution is -2.38. The van der Waals surface area contributed by atoms with E-state index >= 15 is 0 Å². The largest absolute Gasteiger partial charge is 0.497 e. The Balaban J connectivity index is 1.79. The van der Waals surface area contributed by atoms with Gasteiger partial charge in [-0.3, -0.25) is 4.79 Å². The van der Waals surface area contributed by atoms with E-state index in [0.29, 0.717) is 5.75 Å². The molecule has 1 aromatic heterocycles. The Labute approximate surface area is 152 Å². The van der Waals surface area contributed by atoms with Crippen molar-refractivity contribution in [1.29, 1.82) is 0 Å². The second kappa shape index (κ2) is 7.74. The van der Waals surface area contributed by atoms with Gasteiger partial charge in [-0.15, -0.1) is 11.3 Å². The van der Waals surface area contributed by atoms with E-state index in [1.165, 1.54) is 10.4 Å². The summed E-state index contributed by atoms with van der Waals surface area (Å²) in [4.78, 5) is 16.2. The van der Waals surface area contributed by atoms with Gasteiger partial charge >= 0.3 is 0 Å². The number of thiophene rings is 1. The predicted molar refractivity (Wildman–Crippen MR) is 101 cm³/mol. The molecule has 132 valence electrons. The van der Waals surface area contributed by atoms with E-state index in [1.807, 2.05) is 29.2 Å². The summed E-state index contributed by atoms with van der Waals surface area (Å²) in [6, 6.07) is 7.90. The normalized spacial score (nSPS) is 16.8. The highest BCUT2D eigenvalue weighted by molar-refractivity contribution is 7.10. The summed E-state index contributed by atoms with van der Waals surface area (Å²) in [5.41, 5.74) is 2.17. The average molecular weight is 357 g/mol. The lowest BCUT2D eigenvalue weighted by atomic mass is 9.97. The number of amides is 1. The first-order valence-electron chi connectivity index (χ1n) is 8.45. The first-order valence-corrected chi connectivity index (χ1v) is 9.32. The smallest absolute Gasteiger partial charge is 0.247 e. The van der Waals surface area contributed by atoms with Gasteiger partial charge < -0.3 is 14.4 Å². The molecule has 1 amide bonds. The van der Waals surface area contributed by atoms with E-state index in [9.17, 15) is 4.79 Å². The topological polar surface area (TPSA) is 38.8 Å². The van der Waals surface area contributed by atoms with Gasteiger partial charge in [0.05, 0.1) is 20.3 Å². The predicted octanol–water partition coefficient (Wildman–Crippen LogP) is 4.31. The van der Waals surface area contributed by atoms with Gasteiger partial charge in [0, 0.05) is 29.1 Å². The number of nitrogens with zero attached hydrogens (tertiary/aromatic N) is 1. The summed E-state index contributed by atoms with van der Waals surface area (Å²) >= 11 is 1.79. The lowest BCUT2D eigenvalue weighted by molar-refractivity contribution is -0.128. The van der Waals surface area contributed by atoms with E-state index in [2.05, 4.69) is 18.4 Å². The van der Waals surface area contributed by atoms with Crippen LogP contribution in [-0.2, 0) is 11.2 Å². The number of ether oxygens (including phenoxy) is 2. The zero-order valence-corrected chi connectivity index (χ0v) is 15.6. The van der Waals surface area contributed by atoms with E-state index in [-0.39, 0.29) is 11.9 Å². The number of methoxy groups -OCH3 is 2. The van der Waals surface area contributed by atoms with Crippen molar-refractivity contribution in [3.8, 4) is 11.5 Å². The number of hydrogen-bond donors (Lipinski definition) is 0. The molecule has 1 unspecified atom stereocenters. The number of benzene rings is 1. The fourth-order valence-electron chi connectivity index (χ4n) is 3.31. The monoisotopic (exact) mass is 357 g/mol. The first-order chi connectivity index (χ1) is 12.2. The number of rotatable bonds is 5. The number of carbonyl (C=O) groups excluding carboxylic acids is 1. The molecule has 3 rings (SSSR count). The highest BCUT2D eigenvalue weighted by Crippen LogP contribution is 2.35. The minimum absolute atomic E-state index is 0.0431. The third-order valence-corrected chi connectivity index (χ3v) is 5.61. The second-order valence-electron chi connectivity index (χ2n) is 5.95. The van der Waals surface area contributed by atoms with E-state index in [4.69, 9.17) is 9.47 Å². The van der Waals surface area contributed by atoms with Crippen LogP contribution in [-0.4, -0.2) is 31.6 Å². The third-order valence-electron chi connectivity index (χ3n) is 4.61. The van der Waals surface area contributed by atoms with Crippen molar-refractivity contribution in [1.82, 2.24) is 4.90 Å². The highest BCUT2D eigenvalue weighted by atomic mass is 32.1. The molecule has 2 heterocycles. The highest BCUT2D eigenvalue weighted by Gasteiger charge is 2.29. The summed E-state index contributed by atoms with van der Waals surface area (Å²) in [6.45, 7) is 2.91. The zero-order chi connectivity index (χ0) is 17.8. The molecule has 25 heavy (non-hydrogen) atoms. The van der Waals surface area contributed by atoms with Gasteiger partial charge in [0.25, 0.3) is 0 Å². The number of hydrogen-bond acceptors (Lipinski definition) is 4. The molecule has 0 bridgehead atoms. The van der Waals surface area contributed by atoms with Gasteiger partial charge in [-0.2, -0.15) is 0 Å². The van der Waals surface area contributed by atoms with Gasteiger partial charge in [-0.25, -0.2) is 0 Å². The van der Waals surface area contributed by atoms with Gasteiger partial charge in [0.15, 0.2) is 0 Å². The van der Waals surface area contributed by atoms with Crippen molar-refractivity contribution in [3.05, 3.63) is 51.7 Å². The fraction of sp³-hybridized carbons (Fsp3) is 0.350. The minimum atomic E-state index is 0.0431. The van der Waals surface area contributed by atoms with Crippen molar-refractivity contribution >= 4 is 23.3 Å². The summed E-state index contributed by atoms with van der Waals surface area (Å²) in [7, 11) is 3.23. The Bertz CT molecular complexity index is 781. The van der Waals surface area contributed by atoms with Crippen LogP contribution in [0.5, 0.6) is 11.5 Å². The van der Waals surface area contributed by atoms with Crippen molar-refractivity contribution < 1.29 is 14.3 Å². The molecule has 4 nitrogen and oxygen atoms in total. The molecule has 0 N–H and O–H groups in total. The molecule has 1 aromatic carbocycles. The molecule has 5 heteroatoms. The molecule has 0 aliphatic carbocycles. The molecular formula is C20H23NO3S. The second-order valence-corrected chi connectivity index (χ2v) is 6.95. The molecule has 1 aliphatic heterocycles. The molecule has 2 aromatic rings. The molecule has 0 saturated heterocycles. The molecule has 0 radical (unpaired) electrons. The van der Waals surface area contributed by atoms with Crippen molar-refractivity contribution in [2.75, 3.05) is 20.8 Å². The number of carbonyl (C=O) groups is 1. The zero-order valence-electron chi connectivity index (χ0n) is 14.8. The van der Waals surface area contributed by atoms with Crippen LogP contribution in [0.1, 0.15) is 35.4 Å². The maximum atomic E-state index is 12.8. The maximum Gasteiger partial charge on any atom is 0.247 e. The Morgan fingerprint density at radius 1 is 1.32 bits per heavy atom. The summed E-state index contributed by atoms with van der Waals surface area (Å²) in [5, 5.41) is 2.12. The Hall–Kier alpha value is -2.27. The van der Waals surface area contributed by atoms with E-state index in [0.717, 1.165) is 30.7 Å². The van der Waals surface area contributed by atoms with Crippen LogP contribution in [0.4, 0.5) is 0 Å². The summed E-state index contributed by atoms with van der Waals surface area (Å²) in [6.07, 6.45) is 5.32. The van der Waals surface area contributed by atoms with E-state index in [1.54, 1.807) is 31.6 Å². The maximum absolute atomic E-state index is 12.8. The van der Waals surface area contributed by atoms with Crippen LogP contribution in [0.3, 0.4) is 0 Å². The van der Waals surface area contributed by atoms with Crippen molar-refractivity contribution in [2.24, 2.45) is 0 Å². The number of fused-ring (bicyclic) bond motifs is 1. The Morgan fingerprint density at radius 2 is 2.16 bits per heavy atom. The van der Waals surface area contributed by atoms with Gasteiger partial charge in [0.2, 0.25) is 5.91 Å². The fourth-order valence-corrected chi connectivity index (χ4v) is 4.24. The van der Waals surface area contributed by atoms with Crippen LogP contribution in [0, 0.1) is 0 Å². The van der Waals surface area contributed by atoms with Crippen molar-refractivity contribution in [3.63, 3.8) is 0 Å². The van der Waals surface area contributed by atoms with Crippen LogP contribution in [0.15, 0.2) is 35.7 Å². The molecular weight excluding hydrogens is 334 g/mol. The van der Waals surface area contributed by atoms with Crippen LogP contribution in [0.2, 0.25) is 0 Å². The lowest BCUT2D eigenvalue weighted by Gasteiger charge is -2.34. The molecule has 0 spiro atoms. The average Bonchev–Trinajstić information content (AvgIpc) is 3.13. The van der Waals surface area contributed by atoms with Crippen molar-refractivity contribution in [2.45, 2.75) is 25.8 Å². The molecule has 0 fully saturated rings. The standard InChI is InChI=1S/C20H23NO3S/c1-4-17-16-10-12-25-19(16)9-11-21(17)20(22)8-6-14-5-7-15(23-2)13-18(14)24-3/h5-8,10,12-13,17H,4,9,11H2,1-3H3. The van der Waals surface area contributed by atoms with Crippen LogP contribution < -0.4 is 9.47 Å². The van der Waals surface area contributed by atoms with Gasteiger partial charge in [-0.1, -0.05) is 6.92 Å². The summed E-state index contributed by atoms with van der Waals surface area (Å²) in [5.74, 6) is 1.46. The van der Waals surface area contributed by atoms with Gasteiger partial charge in [-0.05, 0) is 48.1 Å². The third kappa shape index (κ3) is 3.56. The Kier molecular flexibility index (Phi) is 5.43. The molecule has 1 atom stereocenters. The minimum Gasteiger partial charge on any atom is -0.497 e. The SMILES string of the molecule is CCC1c2ccsc2CCN1C(=O)C=Cc1ccc(OC)cc1OC. The van der Waals surface area contributed by atoms with Gasteiger partial charge in [0.1, 0.15) is 11.5 Å². The Morgan fingerprint density at radius 3 is 2.88 bits per heavy atom. The first kappa shape index (κ1) is 17.5. The van der Waals surface area contributed by atoms with Crippen LogP contribution >= 0.6 is 11.3 Å². The molecule has 1 aliphatic rings. The summed E-state index contributed by atoms with van der Waals surface area (Å²) < 4.78 is 10.6. The van der Waals surface area contributed by atoms with E-state index < -0.39 is 0 Å². The molecule has 0 saturated carbocycles. The van der Waals surface area contributed by atoms with Crippen LogP contribution in [0.25, 0.3) is 6.08 Å².